The molecule has 0 aliphatic carbocycles. The molecule has 2 aromatic rings. The van der Waals surface area contributed by atoms with Gasteiger partial charge in [0.1, 0.15) is 12.4 Å². The molecule has 0 spiro atoms. The number of benzene rings is 2. The molecule has 2 aromatic carbocycles. The summed E-state index contributed by atoms with van der Waals surface area (Å²) in [5, 5.41) is 10.1. The molecule has 0 bridgehead atoms. The van der Waals surface area contributed by atoms with Crippen LogP contribution >= 0.6 is 43.6 Å². The molecule has 1 aliphatic heterocycles. The number of ether oxygens (including phenoxy) is 2. The number of para-hydroxylation sites is 1. The molecule has 9 heteroatoms. The van der Waals surface area contributed by atoms with E-state index < -0.39 is 5.91 Å². The number of imide groups is 1. The molecule has 2 amide bonds. The number of hydrogen-bond acceptors (Lipinski definition) is 6. The smallest absolute Gasteiger partial charge is 0.293 e. The summed E-state index contributed by atoms with van der Waals surface area (Å²) in [7, 11) is 0. The number of phenolic OH excluding ortho intramolecular Hbond substituents is 1. The van der Waals surface area contributed by atoms with Crippen molar-refractivity contribution in [2.45, 2.75) is 6.92 Å². The minimum Gasteiger partial charge on any atom is -0.504 e. The van der Waals surface area contributed by atoms with Gasteiger partial charge in [-0.15, -0.1) is 0 Å². The largest absolute Gasteiger partial charge is 0.504 e. The van der Waals surface area contributed by atoms with Gasteiger partial charge in [-0.2, -0.15) is 0 Å². The zero-order valence-corrected chi connectivity index (χ0v) is 19.3. The van der Waals surface area contributed by atoms with Crippen LogP contribution in [0.2, 0.25) is 0 Å². The quantitative estimate of drug-likeness (QED) is 0.470. The predicted molar refractivity (Wildman–Crippen MR) is 119 cm³/mol. The van der Waals surface area contributed by atoms with E-state index in [0.29, 0.717) is 26.9 Å². The van der Waals surface area contributed by atoms with Crippen LogP contribution in [0.1, 0.15) is 12.5 Å². The Bertz CT molecular complexity index is 965. The van der Waals surface area contributed by atoms with Gasteiger partial charge in [-0.3, -0.25) is 14.5 Å². The lowest BCUT2D eigenvalue weighted by atomic mass is 10.1. The molecule has 6 nitrogen and oxygen atoms in total. The number of rotatable bonds is 7. The summed E-state index contributed by atoms with van der Waals surface area (Å²) in [6.07, 6.45) is 1.48. The maximum Gasteiger partial charge on any atom is 0.293 e. The third kappa shape index (κ3) is 4.96. The molecule has 1 N–H and O–H groups in total. The molecule has 0 radical (unpaired) electrons. The van der Waals surface area contributed by atoms with E-state index in [1.807, 2.05) is 18.2 Å². The van der Waals surface area contributed by atoms with Gasteiger partial charge in [-0.25, -0.2) is 0 Å². The highest BCUT2D eigenvalue weighted by atomic mass is 79.9. The van der Waals surface area contributed by atoms with Crippen molar-refractivity contribution >= 4 is 60.8 Å². The Morgan fingerprint density at radius 1 is 1.17 bits per heavy atom. The number of amides is 2. The highest BCUT2D eigenvalue weighted by molar-refractivity contribution is 9.13. The summed E-state index contributed by atoms with van der Waals surface area (Å²) in [6, 6.07) is 10.8. The van der Waals surface area contributed by atoms with Crippen LogP contribution in [0.25, 0.3) is 6.08 Å². The molecule has 3 rings (SSSR count). The third-order valence-corrected chi connectivity index (χ3v) is 6.89. The van der Waals surface area contributed by atoms with Crippen LogP contribution in [0.3, 0.4) is 0 Å². The first-order chi connectivity index (χ1) is 13.9. The molecule has 0 atom stereocenters. The Hall–Kier alpha value is -1.97. The van der Waals surface area contributed by atoms with E-state index in [2.05, 4.69) is 31.9 Å². The van der Waals surface area contributed by atoms with E-state index >= 15 is 0 Å². The van der Waals surface area contributed by atoms with Gasteiger partial charge in [0.15, 0.2) is 11.5 Å². The molecule has 0 unspecified atom stereocenters. The van der Waals surface area contributed by atoms with Gasteiger partial charge in [-0.1, -0.05) is 18.2 Å². The van der Waals surface area contributed by atoms with Crippen molar-refractivity contribution in [1.29, 1.82) is 0 Å². The fraction of sp³-hybridized carbons (Fsp3) is 0.200. The standard InChI is InChI=1S/C20H17Br2NO5S/c1-2-27-15-11-14(21)17(22)13(18(15)24)10-16-19(25)23(20(26)29-16)8-9-28-12-6-4-3-5-7-12/h3-7,10-11,24H,2,8-9H2,1H3/b16-10-. The number of nitrogens with zero attached hydrogens (tertiary/aromatic N) is 1. The van der Waals surface area contributed by atoms with E-state index in [0.717, 1.165) is 16.7 Å². The van der Waals surface area contributed by atoms with Crippen molar-refractivity contribution in [1.82, 2.24) is 4.90 Å². The second-order valence-electron chi connectivity index (χ2n) is 5.86. The lowest BCUT2D eigenvalue weighted by Gasteiger charge is -2.13. The summed E-state index contributed by atoms with van der Waals surface area (Å²) < 4.78 is 12.2. The van der Waals surface area contributed by atoms with Gasteiger partial charge in [0.25, 0.3) is 11.1 Å². The van der Waals surface area contributed by atoms with Crippen LogP contribution in [0.4, 0.5) is 4.79 Å². The van der Waals surface area contributed by atoms with Crippen molar-refractivity contribution in [3.63, 3.8) is 0 Å². The van der Waals surface area contributed by atoms with Crippen molar-refractivity contribution in [3.05, 3.63) is 55.8 Å². The number of carbonyl (C=O) groups is 2. The monoisotopic (exact) mass is 541 g/mol. The minimum atomic E-state index is -0.430. The van der Waals surface area contributed by atoms with Crippen LogP contribution in [0, 0.1) is 0 Å². The van der Waals surface area contributed by atoms with Gasteiger partial charge in [0.05, 0.1) is 18.1 Å². The van der Waals surface area contributed by atoms with Gasteiger partial charge in [-0.05, 0) is 74.8 Å². The van der Waals surface area contributed by atoms with Crippen molar-refractivity contribution in [2.24, 2.45) is 0 Å². The molecule has 29 heavy (non-hydrogen) atoms. The number of aromatic hydroxyl groups is 1. The van der Waals surface area contributed by atoms with Crippen molar-refractivity contribution in [3.8, 4) is 17.2 Å². The number of halogens is 2. The van der Waals surface area contributed by atoms with E-state index in [9.17, 15) is 14.7 Å². The first-order valence-corrected chi connectivity index (χ1v) is 11.1. The molecule has 1 fully saturated rings. The van der Waals surface area contributed by atoms with Crippen molar-refractivity contribution in [2.75, 3.05) is 19.8 Å². The average molecular weight is 543 g/mol. The molecular formula is C20H17Br2NO5S. The molecule has 1 aliphatic rings. The van der Waals surface area contributed by atoms with E-state index in [4.69, 9.17) is 9.47 Å². The van der Waals surface area contributed by atoms with Crippen LogP contribution < -0.4 is 9.47 Å². The van der Waals surface area contributed by atoms with Gasteiger partial charge >= 0.3 is 0 Å². The topological polar surface area (TPSA) is 76.1 Å². The maximum atomic E-state index is 12.7. The highest BCUT2D eigenvalue weighted by Gasteiger charge is 2.35. The van der Waals surface area contributed by atoms with Gasteiger partial charge < -0.3 is 14.6 Å². The zero-order valence-electron chi connectivity index (χ0n) is 15.4. The second kappa shape index (κ2) is 9.69. The summed E-state index contributed by atoms with van der Waals surface area (Å²) in [5.74, 6) is 0.410. The van der Waals surface area contributed by atoms with Crippen LogP contribution in [0.15, 0.2) is 50.2 Å². The first-order valence-electron chi connectivity index (χ1n) is 8.69. The van der Waals surface area contributed by atoms with Crippen molar-refractivity contribution < 1.29 is 24.2 Å². The zero-order chi connectivity index (χ0) is 21.0. The van der Waals surface area contributed by atoms with Crippen LogP contribution in [-0.4, -0.2) is 40.9 Å². The molecule has 152 valence electrons. The molecule has 0 aromatic heterocycles. The summed E-state index contributed by atoms with van der Waals surface area (Å²) >= 11 is 7.61. The Balaban J connectivity index is 1.78. The number of hydrogen-bond donors (Lipinski definition) is 1. The van der Waals surface area contributed by atoms with Gasteiger partial charge in [0.2, 0.25) is 0 Å². The Morgan fingerprint density at radius 2 is 1.90 bits per heavy atom. The number of phenols is 1. The lowest BCUT2D eigenvalue weighted by Crippen LogP contribution is -2.32. The summed E-state index contributed by atoms with van der Waals surface area (Å²) in [5.41, 5.74) is 0.355. The molecule has 0 saturated carbocycles. The van der Waals surface area contributed by atoms with Gasteiger partial charge in [0, 0.05) is 14.5 Å². The van der Waals surface area contributed by atoms with Crippen LogP contribution in [-0.2, 0) is 4.79 Å². The van der Waals surface area contributed by atoms with Crippen LogP contribution in [0.5, 0.6) is 17.2 Å². The predicted octanol–water partition coefficient (Wildman–Crippen LogP) is 5.43. The molecule has 1 saturated heterocycles. The summed E-state index contributed by atoms with van der Waals surface area (Å²) in [4.78, 5) is 26.3. The normalized spacial score (nSPS) is 15.3. The van der Waals surface area contributed by atoms with E-state index in [1.165, 1.54) is 6.08 Å². The Kier molecular flexibility index (Phi) is 7.26. The molecule has 1 heterocycles. The lowest BCUT2D eigenvalue weighted by molar-refractivity contribution is -0.123. The first kappa shape index (κ1) is 21.7. The second-order valence-corrected chi connectivity index (χ2v) is 8.50. The average Bonchev–Trinajstić information content (AvgIpc) is 2.97. The maximum absolute atomic E-state index is 12.7. The highest BCUT2D eigenvalue weighted by Crippen LogP contribution is 2.43. The van der Waals surface area contributed by atoms with E-state index in [-0.39, 0.29) is 34.8 Å². The minimum absolute atomic E-state index is 0.110. The number of thioether (sulfide) groups is 1. The Labute approximate surface area is 189 Å². The van der Waals surface area contributed by atoms with E-state index in [1.54, 1.807) is 25.1 Å². The Morgan fingerprint density at radius 3 is 2.59 bits per heavy atom. The molecular weight excluding hydrogens is 526 g/mol. The number of carbonyl (C=O) groups excluding carboxylic acids is 2. The SMILES string of the molecule is CCOc1cc(Br)c(Br)c(/C=C2\SC(=O)N(CCOc3ccccc3)C2=O)c1O. The fourth-order valence-electron chi connectivity index (χ4n) is 2.60. The summed E-state index contributed by atoms with van der Waals surface area (Å²) in [6.45, 7) is 2.50. The fourth-order valence-corrected chi connectivity index (χ4v) is 4.29. The third-order valence-electron chi connectivity index (χ3n) is 3.97.